The second-order valence-corrected chi connectivity index (χ2v) is 4.91. The molecule has 98 valence electrons. The van der Waals surface area contributed by atoms with Crippen LogP contribution in [0.2, 0.25) is 0 Å². The maximum atomic E-state index is 12.1. The van der Waals surface area contributed by atoms with Gasteiger partial charge >= 0.3 is 0 Å². The number of nitrogens with zero attached hydrogens (tertiary/aromatic N) is 1. The lowest BCUT2D eigenvalue weighted by Crippen LogP contribution is -2.31. The number of pyridine rings is 1. The van der Waals surface area contributed by atoms with E-state index in [1.807, 2.05) is 12.1 Å². The van der Waals surface area contributed by atoms with Crippen molar-refractivity contribution in [2.24, 2.45) is 5.84 Å². The van der Waals surface area contributed by atoms with Crippen LogP contribution in [0.25, 0.3) is 10.9 Å². The number of carbonyl (C=O) groups excluding carboxylic acids is 1. The third kappa shape index (κ3) is 1.79. The molecule has 0 saturated carbocycles. The van der Waals surface area contributed by atoms with Crippen molar-refractivity contribution in [3.8, 4) is 0 Å². The number of fused-ring (bicyclic) bond motifs is 2. The number of nitrogens with one attached hydrogen (secondary N) is 1. The Morgan fingerprint density at radius 2 is 2.26 bits per heavy atom. The van der Waals surface area contributed by atoms with Gasteiger partial charge in [0.05, 0.1) is 11.1 Å². The van der Waals surface area contributed by atoms with Crippen molar-refractivity contribution < 1.29 is 4.79 Å². The highest BCUT2D eigenvalue weighted by molar-refractivity contribution is 6.08. The summed E-state index contributed by atoms with van der Waals surface area (Å²) in [5.74, 6) is 5.13. The first-order chi connectivity index (χ1) is 9.26. The lowest BCUT2D eigenvalue weighted by molar-refractivity contribution is 0.0954. The molecule has 3 rings (SSSR count). The number of benzene rings is 1. The molecule has 0 aliphatic heterocycles. The SMILES string of the molecule is CCc1cccc2c(C(=O)NN)c3c(nc12)CCC3. The molecule has 0 radical (unpaired) electrons. The van der Waals surface area contributed by atoms with Gasteiger partial charge in [0, 0.05) is 11.1 Å². The van der Waals surface area contributed by atoms with Crippen molar-refractivity contribution in [1.29, 1.82) is 0 Å². The van der Waals surface area contributed by atoms with Gasteiger partial charge in [0.15, 0.2) is 0 Å². The predicted octanol–water partition coefficient (Wildman–Crippen LogP) is 1.89. The number of aromatic nitrogens is 1. The molecular weight excluding hydrogens is 238 g/mol. The van der Waals surface area contributed by atoms with Crippen LogP contribution in [0.15, 0.2) is 18.2 Å². The van der Waals surface area contributed by atoms with Crippen molar-refractivity contribution in [2.75, 3.05) is 0 Å². The second-order valence-electron chi connectivity index (χ2n) is 4.91. The van der Waals surface area contributed by atoms with Gasteiger partial charge in [-0.15, -0.1) is 0 Å². The summed E-state index contributed by atoms with van der Waals surface area (Å²) >= 11 is 0. The lowest BCUT2D eigenvalue weighted by Gasteiger charge is -2.13. The van der Waals surface area contributed by atoms with Gasteiger partial charge in [-0.05, 0) is 36.8 Å². The Kier molecular flexibility index (Phi) is 2.95. The maximum Gasteiger partial charge on any atom is 0.266 e. The van der Waals surface area contributed by atoms with Crippen LogP contribution in [-0.4, -0.2) is 10.9 Å². The fourth-order valence-corrected chi connectivity index (χ4v) is 2.96. The summed E-state index contributed by atoms with van der Waals surface area (Å²) in [6.45, 7) is 2.10. The Balaban J connectivity index is 2.40. The Bertz CT molecular complexity index is 664. The number of para-hydroxylation sites is 1. The number of carbonyl (C=O) groups is 1. The number of aryl methyl sites for hydroxylation is 2. The molecule has 1 aromatic heterocycles. The number of amides is 1. The molecule has 4 heteroatoms. The molecule has 0 atom stereocenters. The molecule has 1 aliphatic rings. The molecular formula is C15H17N3O. The number of hydrogen-bond acceptors (Lipinski definition) is 3. The van der Waals surface area contributed by atoms with Crippen LogP contribution in [0.3, 0.4) is 0 Å². The topological polar surface area (TPSA) is 68.0 Å². The molecule has 0 saturated heterocycles. The molecule has 0 spiro atoms. The van der Waals surface area contributed by atoms with Crippen LogP contribution in [-0.2, 0) is 19.3 Å². The zero-order chi connectivity index (χ0) is 13.4. The number of hydrazine groups is 1. The normalized spacial score (nSPS) is 13.6. The van der Waals surface area contributed by atoms with E-state index in [0.29, 0.717) is 0 Å². The predicted molar refractivity (Wildman–Crippen MR) is 74.8 cm³/mol. The van der Waals surface area contributed by atoms with E-state index < -0.39 is 0 Å². The number of rotatable bonds is 2. The zero-order valence-electron chi connectivity index (χ0n) is 11.0. The van der Waals surface area contributed by atoms with Crippen molar-refractivity contribution >= 4 is 16.8 Å². The van der Waals surface area contributed by atoms with Gasteiger partial charge in [-0.1, -0.05) is 25.1 Å². The third-order valence-corrected chi connectivity index (χ3v) is 3.87. The van der Waals surface area contributed by atoms with E-state index in [-0.39, 0.29) is 5.91 Å². The molecule has 1 amide bonds. The number of nitrogens with two attached hydrogens (primary N) is 1. The molecule has 1 aliphatic carbocycles. The zero-order valence-corrected chi connectivity index (χ0v) is 11.0. The summed E-state index contributed by atoms with van der Waals surface area (Å²) in [5, 5.41) is 0.919. The van der Waals surface area contributed by atoms with E-state index >= 15 is 0 Å². The van der Waals surface area contributed by atoms with Gasteiger partial charge in [-0.3, -0.25) is 15.2 Å². The quantitative estimate of drug-likeness (QED) is 0.489. The summed E-state index contributed by atoms with van der Waals surface area (Å²) < 4.78 is 0. The molecule has 0 bridgehead atoms. The third-order valence-electron chi connectivity index (χ3n) is 3.87. The van der Waals surface area contributed by atoms with Gasteiger partial charge in [-0.2, -0.15) is 0 Å². The van der Waals surface area contributed by atoms with Crippen molar-refractivity contribution in [2.45, 2.75) is 32.6 Å². The van der Waals surface area contributed by atoms with Gasteiger partial charge < -0.3 is 0 Å². The molecule has 0 unspecified atom stereocenters. The minimum Gasteiger partial charge on any atom is -0.290 e. The smallest absolute Gasteiger partial charge is 0.266 e. The Hall–Kier alpha value is -1.94. The summed E-state index contributed by atoms with van der Waals surface area (Å²) in [6.07, 6.45) is 3.84. The average molecular weight is 255 g/mol. The fourth-order valence-electron chi connectivity index (χ4n) is 2.96. The van der Waals surface area contributed by atoms with Crippen LogP contribution in [0, 0.1) is 0 Å². The van der Waals surface area contributed by atoms with Gasteiger partial charge in [0.2, 0.25) is 0 Å². The number of nitrogen functional groups attached to an aromatic ring is 1. The first-order valence-corrected chi connectivity index (χ1v) is 6.70. The fraction of sp³-hybridized carbons (Fsp3) is 0.333. The van der Waals surface area contributed by atoms with Crippen LogP contribution < -0.4 is 11.3 Å². The van der Waals surface area contributed by atoms with Crippen molar-refractivity contribution in [1.82, 2.24) is 10.4 Å². The highest BCUT2D eigenvalue weighted by Gasteiger charge is 2.23. The van der Waals surface area contributed by atoms with E-state index in [1.165, 1.54) is 5.56 Å². The van der Waals surface area contributed by atoms with E-state index in [2.05, 4.69) is 18.4 Å². The summed E-state index contributed by atoms with van der Waals surface area (Å²) in [6, 6.07) is 6.02. The summed E-state index contributed by atoms with van der Waals surface area (Å²) in [4.78, 5) is 16.9. The highest BCUT2D eigenvalue weighted by atomic mass is 16.2. The van der Waals surface area contributed by atoms with E-state index in [9.17, 15) is 4.79 Å². The molecule has 1 aromatic carbocycles. The molecule has 0 fully saturated rings. The molecule has 2 aromatic rings. The maximum absolute atomic E-state index is 12.1. The molecule has 4 nitrogen and oxygen atoms in total. The van der Waals surface area contributed by atoms with Gasteiger partial charge in [-0.25, -0.2) is 5.84 Å². The highest BCUT2D eigenvalue weighted by Crippen LogP contribution is 2.31. The van der Waals surface area contributed by atoms with E-state index in [0.717, 1.165) is 53.4 Å². The Labute approximate surface area is 112 Å². The second kappa shape index (κ2) is 4.63. The average Bonchev–Trinajstić information content (AvgIpc) is 2.91. The monoisotopic (exact) mass is 255 g/mol. The van der Waals surface area contributed by atoms with Crippen LogP contribution in [0.4, 0.5) is 0 Å². The van der Waals surface area contributed by atoms with Crippen molar-refractivity contribution in [3.63, 3.8) is 0 Å². The van der Waals surface area contributed by atoms with E-state index in [4.69, 9.17) is 10.8 Å². The summed E-state index contributed by atoms with van der Waals surface area (Å²) in [7, 11) is 0. The largest absolute Gasteiger partial charge is 0.290 e. The van der Waals surface area contributed by atoms with E-state index in [1.54, 1.807) is 0 Å². The Morgan fingerprint density at radius 3 is 3.00 bits per heavy atom. The van der Waals surface area contributed by atoms with Crippen molar-refractivity contribution in [3.05, 3.63) is 40.6 Å². The summed E-state index contributed by atoms with van der Waals surface area (Å²) in [5.41, 5.74) is 7.25. The van der Waals surface area contributed by atoms with Gasteiger partial charge in [0.1, 0.15) is 0 Å². The molecule has 19 heavy (non-hydrogen) atoms. The standard InChI is InChI=1S/C15H17N3O/c1-2-9-5-3-7-11-13(15(19)18-16)10-6-4-8-12(10)17-14(9)11/h3,5,7H,2,4,6,8,16H2,1H3,(H,18,19). The van der Waals surface area contributed by atoms with Crippen LogP contribution >= 0.6 is 0 Å². The van der Waals surface area contributed by atoms with Crippen LogP contribution in [0.5, 0.6) is 0 Å². The Morgan fingerprint density at radius 1 is 1.42 bits per heavy atom. The minimum atomic E-state index is -0.209. The lowest BCUT2D eigenvalue weighted by atomic mass is 9.98. The minimum absolute atomic E-state index is 0.209. The van der Waals surface area contributed by atoms with Crippen LogP contribution in [0.1, 0.15) is 40.5 Å². The first kappa shape index (κ1) is 12.1. The molecule has 1 heterocycles. The number of hydrogen-bond donors (Lipinski definition) is 2. The first-order valence-electron chi connectivity index (χ1n) is 6.70. The van der Waals surface area contributed by atoms with Gasteiger partial charge in [0.25, 0.3) is 5.91 Å². The molecule has 3 N–H and O–H groups in total.